The maximum absolute atomic E-state index is 12.3. The minimum atomic E-state index is -0.366. The van der Waals surface area contributed by atoms with Gasteiger partial charge in [-0.1, -0.05) is 0 Å². The summed E-state index contributed by atoms with van der Waals surface area (Å²) in [6.07, 6.45) is 2.00. The Kier molecular flexibility index (Phi) is 8.19. The van der Waals surface area contributed by atoms with Crippen LogP contribution in [0.25, 0.3) is 0 Å². The average Bonchev–Trinajstić information content (AvgIpc) is 2.70. The molecule has 0 bridgehead atoms. The molecule has 0 aliphatic carbocycles. The summed E-state index contributed by atoms with van der Waals surface area (Å²) >= 11 is 1.64. The molecule has 0 radical (unpaired) electrons. The van der Waals surface area contributed by atoms with Crippen molar-refractivity contribution in [3.8, 4) is 0 Å². The number of rotatable bonds is 8. The summed E-state index contributed by atoms with van der Waals surface area (Å²) in [7, 11) is 0. The third kappa shape index (κ3) is 5.66. The van der Waals surface area contributed by atoms with E-state index in [-0.39, 0.29) is 12.0 Å². The van der Waals surface area contributed by atoms with Crippen molar-refractivity contribution in [1.29, 1.82) is 0 Å². The fourth-order valence-corrected chi connectivity index (χ4v) is 3.19. The van der Waals surface area contributed by atoms with E-state index in [4.69, 9.17) is 4.74 Å². The van der Waals surface area contributed by atoms with Crippen molar-refractivity contribution < 1.29 is 14.3 Å². The molecule has 2 amide bonds. The molecule has 0 aliphatic rings. The number of hydrogen-bond donors (Lipinski definition) is 2. The molecule has 0 aromatic heterocycles. The van der Waals surface area contributed by atoms with Gasteiger partial charge in [-0.15, -0.1) is 11.8 Å². The summed E-state index contributed by atoms with van der Waals surface area (Å²) in [5.74, 6) is -0.366. The van der Waals surface area contributed by atoms with Crippen LogP contribution in [0.2, 0.25) is 0 Å². The lowest BCUT2D eigenvalue weighted by Crippen LogP contribution is -2.25. The van der Waals surface area contributed by atoms with Crippen LogP contribution in [0.15, 0.2) is 47.4 Å². The first-order valence-electron chi connectivity index (χ1n) is 9.30. The topological polar surface area (TPSA) is 70.7 Å². The highest BCUT2D eigenvalue weighted by molar-refractivity contribution is 7.98. The molecule has 0 heterocycles. The second kappa shape index (κ2) is 10.6. The van der Waals surface area contributed by atoms with Gasteiger partial charge in [-0.3, -0.25) is 0 Å². The molecule has 7 heteroatoms. The van der Waals surface area contributed by atoms with Gasteiger partial charge in [-0.05, 0) is 69.5 Å². The van der Waals surface area contributed by atoms with Crippen molar-refractivity contribution >= 4 is 40.8 Å². The summed E-state index contributed by atoms with van der Waals surface area (Å²) in [6.45, 7) is 7.60. The fourth-order valence-electron chi connectivity index (χ4n) is 2.78. The smallest absolute Gasteiger partial charge is 0.340 e. The average molecular weight is 402 g/mol. The Bertz CT molecular complexity index is 805. The quantitative estimate of drug-likeness (QED) is 0.477. The van der Waals surface area contributed by atoms with E-state index < -0.39 is 0 Å². The van der Waals surface area contributed by atoms with Crippen LogP contribution in [0.1, 0.15) is 31.1 Å². The summed E-state index contributed by atoms with van der Waals surface area (Å²) < 4.78 is 5.16. The minimum absolute atomic E-state index is 0.314. The summed E-state index contributed by atoms with van der Waals surface area (Å²) in [5, 5.41) is 5.64. The maximum atomic E-state index is 12.3. The third-order valence-corrected chi connectivity index (χ3v) is 4.95. The number of urea groups is 1. The molecule has 28 heavy (non-hydrogen) atoms. The largest absolute Gasteiger partial charge is 0.462 e. The first kappa shape index (κ1) is 21.6. The lowest BCUT2D eigenvalue weighted by atomic mass is 10.1. The molecule has 0 atom stereocenters. The van der Waals surface area contributed by atoms with Crippen LogP contribution in [-0.2, 0) is 4.74 Å². The van der Waals surface area contributed by atoms with Gasteiger partial charge >= 0.3 is 12.0 Å². The second-order valence-electron chi connectivity index (χ2n) is 5.93. The number of carbonyl (C=O) groups excluding carboxylic acids is 2. The summed E-state index contributed by atoms with van der Waals surface area (Å²) in [4.78, 5) is 27.8. The highest BCUT2D eigenvalue weighted by atomic mass is 32.2. The third-order valence-electron chi connectivity index (χ3n) is 4.20. The van der Waals surface area contributed by atoms with Gasteiger partial charge in [0.1, 0.15) is 0 Å². The number of nitrogens with zero attached hydrogens (tertiary/aromatic N) is 1. The van der Waals surface area contributed by atoms with E-state index in [2.05, 4.69) is 15.5 Å². The molecule has 0 aliphatic heterocycles. The molecule has 150 valence electrons. The Morgan fingerprint density at radius 1 is 0.964 bits per heavy atom. The second-order valence-corrected chi connectivity index (χ2v) is 6.81. The number of amides is 2. The van der Waals surface area contributed by atoms with Gasteiger partial charge in [0.25, 0.3) is 0 Å². The van der Waals surface area contributed by atoms with E-state index in [0.717, 1.165) is 23.7 Å². The first-order valence-corrected chi connectivity index (χ1v) is 10.5. The van der Waals surface area contributed by atoms with Crippen molar-refractivity contribution in [2.75, 3.05) is 41.5 Å². The lowest BCUT2D eigenvalue weighted by molar-refractivity contribution is 0.0527. The maximum Gasteiger partial charge on any atom is 0.340 e. The Labute approximate surface area is 170 Å². The van der Waals surface area contributed by atoms with Crippen LogP contribution < -0.4 is 15.5 Å². The van der Waals surface area contributed by atoms with E-state index in [9.17, 15) is 9.59 Å². The molecule has 2 aromatic carbocycles. The van der Waals surface area contributed by atoms with E-state index in [1.807, 2.05) is 44.4 Å². The number of thioether (sulfide) groups is 1. The number of esters is 1. The Hall–Kier alpha value is -2.67. The van der Waals surface area contributed by atoms with Crippen molar-refractivity contribution in [1.82, 2.24) is 0 Å². The SMILES string of the molecule is CCOC(=O)c1ccc(NC(=O)Nc2ccc(SC)cc2)cc1N(CC)CC. The Balaban J connectivity index is 2.18. The highest BCUT2D eigenvalue weighted by Crippen LogP contribution is 2.26. The van der Waals surface area contributed by atoms with Gasteiger partial charge in [0, 0.05) is 29.4 Å². The fraction of sp³-hybridized carbons (Fsp3) is 0.333. The standard InChI is InChI=1S/C21H27N3O3S/c1-5-24(6-2)19-14-16(10-13-18(19)20(25)27-7-3)23-21(26)22-15-8-11-17(28-4)12-9-15/h8-14H,5-7H2,1-4H3,(H2,22,23,26). The Morgan fingerprint density at radius 3 is 2.14 bits per heavy atom. The van der Waals surface area contributed by atoms with Crippen molar-refractivity contribution in [2.45, 2.75) is 25.7 Å². The van der Waals surface area contributed by atoms with E-state index in [0.29, 0.717) is 23.5 Å². The monoisotopic (exact) mass is 401 g/mol. The van der Waals surface area contributed by atoms with Gasteiger partial charge in [-0.25, -0.2) is 9.59 Å². The summed E-state index contributed by atoms with van der Waals surface area (Å²) in [6, 6.07) is 12.5. The summed E-state index contributed by atoms with van der Waals surface area (Å²) in [5.41, 5.74) is 2.55. The van der Waals surface area contributed by atoms with Crippen molar-refractivity contribution in [3.05, 3.63) is 48.0 Å². The molecule has 0 fully saturated rings. The molecular weight excluding hydrogens is 374 g/mol. The molecule has 2 N–H and O–H groups in total. The number of benzene rings is 2. The minimum Gasteiger partial charge on any atom is -0.462 e. The van der Waals surface area contributed by atoms with Gasteiger partial charge in [0.05, 0.1) is 17.9 Å². The molecular formula is C21H27N3O3S. The molecule has 0 saturated carbocycles. The van der Waals surface area contributed by atoms with Crippen molar-refractivity contribution in [2.24, 2.45) is 0 Å². The van der Waals surface area contributed by atoms with Crippen LogP contribution in [0.4, 0.5) is 21.9 Å². The first-order chi connectivity index (χ1) is 13.5. The number of nitrogens with one attached hydrogen (secondary N) is 2. The predicted octanol–water partition coefficient (Wildman–Crippen LogP) is 5.08. The number of ether oxygens (including phenoxy) is 1. The molecule has 6 nitrogen and oxygen atoms in total. The van der Waals surface area contributed by atoms with Crippen LogP contribution in [0.3, 0.4) is 0 Å². The van der Waals surface area contributed by atoms with Gasteiger partial charge in [0.15, 0.2) is 0 Å². The molecule has 0 saturated heterocycles. The van der Waals surface area contributed by atoms with E-state index in [1.165, 1.54) is 0 Å². The van der Waals surface area contributed by atoms with Crippen molar-refractivity contribution in [3.63, 3.8) is 0 Å². The number of anilines is 3. The van der Waals surface area contributed by atoms with Crippen LogP contribution in [0, 0.1) is 0 Å². The normalized spacial score (nSPS) is 10.3. The zero-order chi connectivity index (χ0) is 20.5. The molecule has 2 aromatic rings. The predicted molar refractivity (Wildman–Crippen MR) is 117 cm³/mol. The zero-order valence-electron chi connectivity index (χ0n) is 16.7. The zero-order valence-corrected chi connectivity index (χ0v) is 17.6. The molecule has 2 rings (SSSR count). The number of hydrogen-bond acceptors (Lipinski definition) is 5. The van der Waals surface area contributed by atoms with E-state index in [1.54, 1.807) is 36.9 Å². The van der Waals surface area contributed by atoms with Gasteiger partial charge in [-0.2, -0.15) is 0 Å². The number of carbonyl (C=O) groups is 2. The van der Waals surface area contributed by atoms with Crippen LogP contribution in [0.5, 0.6) is 0 Å². The van der Waals surface area contributed by atoms with Crippen LogP contribution >= 0.6 is 11.8 Å². The molecule has 0 spiro atoms. The molecule has 0 unspecified atom stereocenters. The lowest BCUT2D eigenvalue weighted by Gasteiger charge is -2.24. The highest BCUT2D eigenvalue weighted by Gasteiger charge is 2.17. The van der Waals surface area contributed by atoms with Gasteiger partial charge < -0.3 is 20.3 Å². The van der Waals surface area contributed by atoms with Crippen LogP contribution in [-0.4, -0.2) is 38.0 Å². The van der Waals surface area contributed by atoms with Gasteiger partial charge in [0.2, 0.25) is 0 Å². The Morgan fingerprint density at radius 2 is 1.57 bits per heavy atom. The van der Waals surface area contributed by atoms with E-state index >= 15 is 0 Å².